The van der Waals surface area contributed by atoms with E-state index in [1.807, 2.05) is 24.3 Å². The lowest BCUT2D eigenvalue weighted by atomic mass is 9.99. The number of thiophene rings is 1. The van der Waals surface area contributed by atoms with Crippen LogP contribution in [0.25, 0.3) is 11.1 Å². The summed E-state index contributed by atoms with van der Waals surface area (Å²) in [4.78, 5) is 76.8. The summed E-state index contributed by atoms with van der Waals surface area (Å²) >= 11 is 8.11. The standard InChI is InChI=1S/C43H58ClN7O9S/c1-40(2,3)57-36(53)46-34(47-37(54)58-41(4,5)6)50-21-17-26(18-22-50)29-14-13-28(25-30(29)44)45-33(52)32-16-15-31(61-32)27-19-23-51(24-20-27)35(48-38(55)59-42(7,8)9)49-39(56)60-43(10,11)12/h13-17,19,25H,18,20-24H2,1-12H3,(H,45,52)(H,46,47,53,54)(H,48,49,55,56). The molecule has 0 radical (unpaired) electrons. The van der Waals surface area contributed by atoms with Crippen LogP contribution in [0.4, 0.5) is 24.9 Å². The lowest BCUT2D eigenvalue weighted by molar-refractivity contribution is 0.0536. The first-order chi connectivity index (χ1) is 28.1. The number of halogens is 1. The maximum atomic E-state index is 13.4. The monoisotopic (exact) mass is 883 g/mol. The summed E-state index contributed by atoms with van der Waals surface area (Å²) in [6, 6.07) is 8.95. The fraction of sp³-hybridized carbons (Fsp3) is 0.512. The van der Waals surface area contributed by atoms with Gasteiger partial charge in [0, 0.05) is 36.7 Å². The Morgan fingerprint density at radius 1 is 0.639 bits per heavy atom. The zero-order valence-electron chi connectivity index (χ0n) is 37.0. The molecule has 2 aliphatic heterocycles. The lowest BCUT2D eigenvalue weighted by Crippen LogP contribution is -2.48. The molecule has 1 aromatic carbocycles. The Bertz CT molecular complexity index is 2120. The van der Waals surface area contributed by atoms with Gasteiger partial charge in [-0.2, -0.15) is 0 Å². The zero-order valence-corrected chi connectivity index (χ0v) is 38.6. The molecule has 2 aliphatic rings. The fourth-order valence-corrected chi connectivity index (χ4v) is 7.03. The van der Waals surface area contributed by atoms with E-state index in [0.717, 1.165) is 21.6 Å². The van der Waals surface area contributed by atoms with Crippen molar-refractivity contribution >= 4 is 82.0 Å². The van der Waals surface area contributed by atoms with Crippen LogP contribution in [-0.4, -0.2) is 101 Å². The summed E-state index contributed by atoms with van der Waals surface area (Å²) in [6.45, 7) is 22.2. The maximum absolute atomic E-state index is 13.4. The molecule has 1 aromatic heterocycles. The topological polar surface area (TPSA) is 190 Å². The number of carbonyl (C=O) groups excluding carboxylic acids is 5. The van der Waals surface area contributed by atoms with E-state index < -0.39 is 46.8 Å². The molecule has 3 heterocycles. The molecule has 0 saturated heterocycles. The average molecular weight is 884 g/mol. The number of hydrogen-bond donors (Lipinski definition) is 3. The van der Waals surface area contributed by atoms with Crippen LogP contribution in [0.15, 0.2) is 52.5 Å². The van der Waals surface area contributed by atoms with E-state index in [1.165, 1.54) is 11.3 Å². The van der Waals surface area contributed by atoms with Crippen molar-refractivity contribution in [2.75, 3.05) is 31.5 Å². The van der Waals surface area contributed by atoms with E-state index in [0.29, 0.717) is 54.6 Å². The second-order valence-electron chi connectivity index (χ2n) is 18.2. The Morgan fingerprint density at radius 2 is 1.10 bits per heavy atom. The third-order valence-electron chi connectivity index (χ3n) is 8.14. The Balaban J connectivity index is 1.41. The molecule has 4 rings (SSSR count). The highest BCUT2D eigenvalue weighted by atomic mass is 35.5. The second-order valence-corrected chi connectivity index (χ2v) is 19.7. The molecule has 3 N–H and O–H groups in total. The number of anilines is 1. The number of benzene rings is 1. The molecule has 16 nitrogen and oxygen atoms in total. The van der Waals surface area contributed by atoms with Gasteiger partial charge in [-0.1, -0.05) is 29.8 Å². The van der Waals surface area contributed by atoms with Crippen molar-refractivity contribution in [3.8, 4) is 0 Å². The lowest BCUT2D eigenvalue weighted by Gasteiger charge is -2.30. The third kappa shape index (κ3) is 16.2. The van der Waals surface area contributed by atoms with E-state index >= 15 is 0 Å². The molecule has 0 saturated carbocycles. The summed E-state index contributed by atoms with van der Waals surface area (Å²) < 4.78 is 21.5. The van der Waals surface area contributed by atoms with E-state index in [2.05, 4.69) is 25.9 Å². The smallest absolute Gasteiger partial charge is 0.437 e. The summed E-state index contributed by atoms with van der Waals surface area (Å²) in [7, 11) is 0. The number of nitrogens with one attached hydrogen (secondary N) is 3. The van der Waals surface area contributed by atoms with Crippen molar-refractivity contribution in [1.29, 1.82) is 0 Å². The normalized spacial score (nSPS) is 15.6. The van der Waals surface area contributed by atoms with E-state index in [-0.39, 0.29) is 17.8 Å². The second kappa shape index (κ2) is 19.5. The number of hydrogen-bond acceptors (Lipinski definition) is 10. The number of carbonyl (C=O) groups is 5. The number of rotatable bonds is 4. The van der Waals surface area contributed by atoms with Crippen molar-refractivity contribution in [1.82, 2.24) is 20.4 Å². The van der Waals surface area contributed by atoms with Crippen molar-refractivity contribution in [2.45, 2.75) is 118 Å². The molecular formula is C43H58ClN7O9S. The van der Waals surface area contributed by atoms with Crippen LogP contribution < -0.4 is 16.0 Å². The van der Waals surface area contributed by atoms with Crippen LogP contribution in [0.5, 0.6) is 0 Å². The van der Waals surface area contributed by atoms with Gasteiger partial charge in [0.1, 0.15) is 22.4 Å². The summed E-state index contributed by atoms with van der Waals surface area (Å²) in [5.41, 5.74) is 0.168. The highest BCUT2D eigenvalue weighted by Gasteiger charge is 2.27. The molecule has 2 aromatic rings. The van der Waals surface area contributed by atoms with Crippen molar-refractivity contribution in [2.24, 2.45) is 9.98 Å². The summed E-state index contributed by atoms with van der Waals surface area (Å²) in [5.74, 6) is -0.274. The molecule has 0 atom stereocenters. The minimum absolute atomic E-state index is 0.00733. The van der Waals surface area contributed by atoms with Gasteiger partial charge in [-0.05, 0) is 137 Å². The number of alkyl carbamates (subject to hydrolysis) is 2. The van der Waals surface area contributed by atoms with Gasteiger partial charge >= 0.3 is 24.4 Å². The van der Waals surface area contributed by atoms with Gasteiger partial charge in [0.25, 0.3) is 5.91 Å². The van der Waals surface area contributed by atoms with Crippen LogP contribution in [-0.2, 0) is 18.9 Å². The number of nitrogens with zero attached hydrogens (tertiary/aromatic N) is 4. The number of aliphatic imine (C=N–C) groups is 2. The number of guanidine groups is 2. The van der Waals surface area contributed by atoms with Crippen LogP contribution in [0.2, 0.25) is 5.02 Å². The molecular weight excluding hydrogens is 826 g/mol. The molecule has 332 valence electrons. The van der Waals surface area contributed by atoms with Gasteiger partial charge in [0.15, 0.2) is 0 Å². The maximum Gasteiger partial charge on any atom is 0.437 e. The van der Waals surface area contributed by atoms with Crippen LogP contribution in [0.1, 0.15) is 116 Å². The van der Waals surface area contributed by atoms with E-state index in [4.69, 9.17) is 30.5 Å². The first kappa shape index (κ1) is 48.2. The molecule has 0 unspecified atom stereocenters. The van der Waals surface area contributed by atoms with Crippen molar-refractivity contribution < 1.29 is 42.9 Å². The zero-order chi connectivity index (χ0) is 45.5. The molecule has 0 bridgehead atoms. The highest BCUT2D eigenvalue weighted by Crippen LogP contribution is 2.33. The number of amides is 5. The van der Waals surface area contributed by atoms with Gasteiger partial charge in [0.05, 0.1) is 9.90 Å². The van der Waals surface area contributed by atoms with Crippen molar-refractivity contribution in [3.63, 3.8) is 0 Å². The predicted molar refractivity (Wildman–Crippen MR) is 238 cm³/mol. The highest BCUT2D eigenvalue weighted by molar-refractivity contribution is 7.15. The van der Waals surface area contributed by atoms with Crippen molar-refractivity contribution in [3.05, 3.63) is 62.8 Å². The number of ether oxygens (including phenoxy) is 4. The summed E-state index contributed by atoms with van der Waals surface area (Å²) in [6.07, 6.45) is 1.76. The van der Waals surface area contributed by atoms with Gasteiger partial charge in [-0.3, -0.25) is 15.4 Å². The van der Waals surface area contributed by atoms with Gasteiger partial charge in [0.2, 0.25) is 11.9 Å². The average Bonchev–Trinajstić information content (AvgIpc) is 3.59. The molecule has 0 aliphatic carbocycles. The van der Waals surface area contributed by atoms with E-state index in [1.54, 1.807) is 111 Å². The Labute approximate surface area is 366 Å². The quantitative estimate of drug-likeness (QED) is 0.151. The van der Waals surface area contributed by atoms with Crippen LogP contribution in [0, 0.1) is 0 Å². The first-order valence-electron chi connectivity index (χ1n) is 19.9. The Morgan fingerprint density at radius 3 is 1.51 bits per heavy atom. The van der Waals surface area contributed by atoms with Crippen LogP contribution >= 0.6 is 22.9 Å². The predicted octanol–water partition coefficient (Wildman–Crippen LogP) is 9.46. The third-order valence-corrected chi connectivity index (χ3v) is 9.62. The molecule has 18 heteroatoms. The minimum atomic E-state index is -0.848. The summed E-state index contributed by atoms with van der Waals surface area (Å²) in [5, 5.41) is 8.56. The van der Waals surface area contributed by atoms with Gasteiger partial charge in [-0.15, -0.1) is 21.3 Å². The van der Waals surface area contributed by atoms with E-state index in [9.17, 15) is 24.0 Å². The van der Waals surface area contributed by atoms with Gasteiger partial charge < -0.3 is 34.1 Å². The fourth-order valence-electron chi connectivity index (χ4n) is 5.76. The molecule has 0 spiro atoms. The Hall–Kier alpha value is -5.42. The largest absolute Gasteiger partial charge is 0.444 e. The minimum Gasteiger partial charge on any atom is -0.444 e. The molecule has 5 amide bonds. The SMILES string of the molecule is CC(C)(C)OC(=O)/N=C(\NC(=O)OC(C)(C)C)N1CC=C(c2ccc(C(=O)Nc3ccc(C4=CCN(/C(=N/C(=O)OC(C)(C)C)NC(=O)OC(C)(C)C)CC4)c(Cl)c3)s2)CC1. The van der Waals surface area contributed by atoms with Gasteiger partial charge in [-0.25, -0.2) is 19.2 Å². The van der Waals surface area contributed by atoms with Crippen LogP contribution in [0.3, 0.4) is 0 Å². The first-order valence-corrected chi connectivity index (χ1v) is 21.1. The Kier molecular flexibility index (Phi) is 15.4. The molecule has 0 fully saturated rings. The molecule has 61 heavy (non-hydrogen) atoms.